The minimum Gasteiger partial charge on any atom is -0.444 e. The molecule has 1 saturated heterocycles. The van der Waals surface area contributed by atoms with Crippen molar-refractivity contribution in [1.82, 2.24) is 20.1 Å². The topological polar surface area (TPSA) is 61.6 Å². The number of oxazole rings is 1. The van der Waals surface area contributed by atoms with Gasteiger partial charge in [-0.25, -0.2) is 4.98 Å². The molecule has 6 heteroatoms. The molecule has 1 aliphatic carbocycles. The van der Waals surface area contributed by atoms with E-state index >= 15 is 0 Å². The summed E-state index contributed by atoms with van der Waals surface area (Å²) >= 11 is 0. The van der Waals surface area contributed by atoms with Crippen molar-refractivity contribution in [2.45, 2.75) is 25.4 Å². The quantitative estimate of drug-likeness (QED) is 0.868. The van der Waals surface area contributed by atoms with Crippen LogP contribution in [0.2, 0.25) is 0 Å². The van der Waals surface area contributed by atoms with E-state index in [1.807, 2.05) is 30.3 Å². The molecule has 0 atom stereocenters. The van der Waals surface area contributed by atoms with Crippen LogP contribution >= 0.6 is 0 Å². The number of amides is 1. The molecule has 1 aromatic carbocycles. The second-order valence-corrected chi connectivity index (χ2v) is 6.90. The first-order chi connectivity index (χ1) is 12.3. The molecule has 6 nitrogen and oxygen atoms in total. The minimum absolute atomic E-state index is 0.167. The lowest BCUT2D eigenvalue weighted by Gasteiger charge is -2.33. The fourth-order valence-corrected chi connectivity index (χ4v) is 3.13. The Balaban J connectivity index is 1.24. The third kappa shape index (κ3) is 4.46. The highest BCUT2D eigenvalue weighted by Crippen LogP contribution is 2.19. The molecule has 2 aliphatic rings. The zero-order valence-electron chi connectivity index (χ0n) is 14.4. The van der Waals surface area contributed by atoms with E-state index in [4.69, 9.17) is 4.42 Å². The summed E-state index contributed by atoms with van der Waals surface area (Å²) in [5, 5.41) is 3.05. The summed E-state index contributed by atoms with van der Waals surface area (Å²) in [4.78, 5) is 21.1. The molecule has 0 radical (unpaired) electrons. The highest BCUT2D eigenvalue weighted by molar-refractivity contribution is 5.78. The third-order valence-corrected chi connectivity index (χ3v) is 4.73. The van der Waals surface area contributed by atoms with Gasteiger partial charge in [0.1, 0.15) is 6.26 Å². The van der Waals surface area contributed by atoms with Crippen LogP contribution in [0.25, 0.3) is 11.5 Å². The van der Waals surface area contributed by atoms with Crippen molar-refractivity contribution in [3.63, 3.8) is 0 Å². The smallest absolute Gasteiger partial charge is 0.234 e. The van der Waals surface area contributed by atoms with Crippen molar-refractivity contribution in [1.29, 1.82) is 0 Å². The molecule has 0 spiro atoms. The molecule has 0 bridgehead atoms. The van der Waals surface area contributed by atoms with Crippen LogP contribution in [0.5, 0.6) is 0 Å². The van der Waals surface area contributed by atoms with Crippen LogP contribution in [0.15, 0.2) is 41.0 Å². The van der Waals surface area contributed by atoms with Gasteiger partial charge in [-0.2, -0.15) is 0 Å². The molecule has 1 amide bonds. The maximum absolute atomic E-state index is 11.9. The molecule has 4 rings (SSSR count). The van der Waals surface area contributed by atoms with E-state index in [9.17, 15) is 4.79 Å². The molecule has 2 heterocycles. The van der Waals surface area contributed by atoms with Crippen LogP contribution in [0, 0.1) is 0 Å². The number of carbonyl (C=O) groups excluding carboxylic acids is 1. The van der Waals surface area contributed by atoms with Crippen molar-refractivity contribution >= 4 is 5.91 Å². The van der Waals surface area contributed by atoms with E-state index < -0.39 is 0 Å². The summed E-state index contributed by atoms with van der Waals surface area (Å²) < 4.78 is 5.61. The average molecular weight is 340 g/mol. The fourth-order valence-electron chi connectivity index (χ4n) is 3.13. The molecule has 25 heavy (non-hydrogen) atoms. The van der Waals surface area contributed by atoms with Gasteiger partial charge in [0, 0.05) is 44.3 Å². The molecule has 1 aliphatic heterocycles. The first kappa shape index (κ1) is 16.3. The molecule has 1 N–H and O–H groups in total. The summed E-state index contributed by atoms with van der Waals surface area (Å²) in [7, 11) is 0. The Morgan fingerprint density at radius 2 is 1.84 bits per heavy atom. The fraction of sp³-hybridized carbons (Fsp3) is 0.474. The van der Waals surface area contributed by atoms with E-state index in [0.717, 1.165) is 56.8 Å². The van der Waals surface area contributed by atoms with Crippen LogP contribution in [0.4, 0.5) is 0 Å². The average Bonchev–Trinajstić information content (AvgIpc) is 3.32. The predicted octanol–water partition coefficient (Wildman–Crippen LogP) is 1.74. The van der Waals surface area contributed by atoms with Gasteiger partial charge in [-0.05, 0) is 25.0 Å². The lowest BCUT2D eigenvalue weighted by atomic mass is 10.2. The molecule has 132 valence electrons. The van der Waals surface area contributed by atoms with Crippen LogP contribution in [-0.4, -0.2) is 59.5 Å². The first-order valence-corrected chi connectivity index (χ1v) is 9.00. The van der Waals surface area contributed by atoms with Crippen molar-refractivity contribution in [2.24, 2.45) is 0 Å². The van der Waals surface area contributed by atoms with Gasteiger partial charge < -0.3 is 9.73 Å². The largest absolute Gasteiger partial charge is 0.444 e. The van der Waals surface area contributed by atoms with E-state index in [2.05, 4.69) is 20.1 Å². The van der Waals surface area contributed by atoms with Gasteiger partial charge in [-0.15, -0.1) is 0 Å². The lowest BCUT2D eigenvalue weighted by Crippen LogP contribution is -2.49. The number of nitrogens with one attached hydrogen (secondary N) is 1. The Bertz CT molecular complexity index is 703. The molecule has 1 saturated carbocycles. The minimum atomic E-state index is 0.167. The maximum atomic E-state index is 11.9. The number of rotatable bonds is 6. The predicted molar refractivity (Wildman–Crippen MR) is 94.8 cm³/mol. The van der Waals surface area contributed by atoms with Crippen LogP contribution in [0.3, 0.4) is 0 Å². The van der Waals surface area contributed by atoms with Gasteiger partial charge in [0.15, 0.2) is 0 Å². The molecule has 0 unspecified atom stereocenters. The molecule has 1 aromatic heterocycles. The zero-order chi connectivity index (χ0) is 17.1. The van der Waals surface area contributed by atoms with Gasteiger partial charge in [0.25, 0.3) is 0 Å². The number of hydrogen-bond acceptors (Lipinski definition) is 5. The van der Waals surface area contributed by atoms with E-state index in [1.54, 1.807) is 6.26 Å². The molecule has 2 fully saturated rings. The summed E-state index contributed by atoms with van der Waals surface area (Å²) in [6.07, 6.45) is 4.03. The maximum Gasteiger partial charge on any atom is 0.234 e. The van der Waals surface area contributed by atoms with Crippen molar-refractivity contribution in [3.8, 4) is 11.5 Å². The molecular weight excluding hydrogens is 316 g/mol. The van der Waals surface area contributed by atoms with E-state index in [1.165, 1.54) is 0 Å². The van der Waals surface area contributed by atoms with E-state index in [0.29, 0.717) is 18.5 Å². The third-order valence-electron chi connectivity index (χ3n) is 4.73. The molecule has 2 aromatic rings. The van der Waals surface area contributed by atoms with Crippen molar-refractivity contribution < 1.29 is 9.21 Å². The first-order valence-electron chi connectivity index (χ1n) is 9.00. The summed E-state index contributed by atoms with van der Waals surface area (Å²) in [6, 6.07) is 10.4. The van der Waals surface area contributed by atoms with Gasteiger partial charge in [0.05, 0.1) is 12.2 Å². The van der Waals surface area contributed by atoms with Crippen LogP contribution < -0.4 is 5.32 Å². The SMILES string of the molecule is O=C(CN1CCN(Cc2coc(-c3ccccc3)n2)CC1)NC1CC1. The molecular formula is C19H24N4O2. The van der Waals surface area contributed by atoms with Gasteiger partial charge >= 0.3 is 0 Å². The number of benzene rings is 1. The highest BCUT2D eigenvalue weighted by atomic mass is 16.3. The monoisotopic (exact) mass is 340 g/mol. The standard InChI is InChI=1S/C19H24N4O2/c24-18(20-16-6-7-16)13-23-10-8-22(9-11-23)12-17-14-25-19(21-17)15-4-2-1-3-5-15/h1-5,14,16H,6-13H2,(H,20,24). The Labute approximate surface area is 147 Å². The van der Waals surface area contributed by atoms with Crippen LogP contribution in [-0.2, 0) is 11.3 Å². The van der Waals surface area contributed by atoms with Crippen molar-refractivity contribution in [2.75, 3.05) is 32.7 Å². The number of hydrogen-bond donors (Lipinski definition) is 1. The Hall–Kier alpha value is -2.18. The number of piperazine rings is 1. The number of aromatic nitrogens is 1. The normalized spacial score (nSPS) is 19.0. The van der Waals surface area contributed by atoms with Gasteiger partial charge in [0.2, 0.25) is 11.8 Å². The summed E-state index contributed by atoms with van der Waals surface area (Å²) in [6.45, 7) is 5.04. The Morgan fingerprint density at radius 1 is 1.12 bits per heavy atom. The van der Waals surface area contributed by atoms with Crippen LogP contribution in [0.1, 0.15) is 18.5 Å². The highest BCUT2D eigenvalue weighted by Gasteiger charge is 2.25. The van der Waals surface area contributed by atoms with Crippen molar-refractivity contribution in [3.05, 3.63) is 42.3 Å². The van der Waals surface area contributed by atoms with Gasteiger partial charge in [-0.3, -0.25) is 14.6 Å². The Kier molecular flexibility index (Phi) is 4.81. The lowest BCUT2D eigenvalue weighted by molar-refractivity contribution is -0.122. The Morgan fingerprint density at radius 3 is 2.56 bits per heavy atom. The number of carbonyl (C=O) groups is 1. The van der Waals surface area contributed by atoms with E-state index in [-0.39, 0.29) is 5.91 Å². The summed E-state index contributed by atoms with van der Waals surface area (Å²) in [5.74, 6) is 0.839. The second-order valence-electron chi connectivity index (χ2n) is 6.90. The second kappa shape index (κ2) is 7.37. The summed E-state index contributed by atoms with van der Waals surface area (Å²) in [5.41, 5.74) is 1.96. The van der Waals surface area contributed by atoms with Gasteiger partial charge in [-0.1, -0.05) is 18.2 Å². The zero-order valence-corrected chi connectivity index (χ0v) is 14.4. The number of nitrogens with zero attached hydrogens (tertiary/aromatic N) is 3.